The molecule has 1 aliphatic rings. The average Bonchev–Trinajstić information content (AvgIpc) is 2.39. The van der Waals surface area contributed by atoms with Crippen molar-refractivity contribution in [3.05, 3.63) is 33.4 Å². The predicted molar refractivity (Wildman–Crippen MR) is 77.1 cm³/mol. The first kappa shape index (κ1) is 12.8. The quantitative estimate of drug-likeness (QED) is 0.834. The lowest BCUT2D eigenvalue weighted by Gasteiger charge is -2.32. The monoisotopic (exact) mass is 344 g/mol. The summed E-state index contributed by atoms with van der Waals surface area (Å²) in [6.45, 7) is 1.70. The Morgan fingerprint density at radius 2 is 2.12 bits per heavy atom. The first-order valence-corrected chi connectivity index (χ1v) is 7.00. The predicted octanol–water partition coefficient (Wildman–Crippen LogP) is 2.12. The van der Waals surface area contributed by atoms with E-state index < -0.39 is 0 Å². The maximum Gasteiger partial charge on any atom is 0.253 e. The molecule has 2 rings (SSSR count). The van der Waals surface area contributed by atoms with E-state index in [9.17, 15) is 4.79 Å². The number of carbonyl (C=O) groups excluding carboxylic acids is 1. The van der Waals surface area contributed by atoms with Gasteiger partial charge in [0.25, 0.3) is 5.91 Å². The molecule has 1 atom stereocenters. The Labute approximate surface area is 116 Å². The van der Waals surface area contributed by atoms with Gasteiger partial charge in [0.2, 0.25) is 0 Å². The Hall–Kier alpha value is -0.620. The molecule has 0 radical (unpaired) electrons. The third kappa shape index (κ3) is 3.19. The fourth-order valence-electron chi connectivity index (χ4n) is 2.17. The minimum absolute atomic E-state index is 0.154. The van der Waals surface area contributed by atoms with Gasteiger partial charge in [-0.1, -0.05) is 0 Å². The summed E-state index contributed by atoms with van der Waals surface area (Å²) < 4.78 is 1.16. The molecule has 1 aromatic carbocycles. The zero-order valence-corrected chi connectivity index (χ0v) is 12.1. The van der Waals surface area contributed by atoms with E-state index in [1.165, 1.54) is 0 Å². The van der Waals surface area contributed by atoms with E-state index in [0.29, 0.717) is 6.04 Å². The van der Waals surface area contributed by atoms with E-state index in [4.69, 9.17) is 0 Å². The topological polar surface area (TPSA) is 32.3 Å². The van der Waals surface area contributed by atoms with E-state index in [1.807, 2.05) is 36.2 Å². The second-order valence-corrected chi connectivity index (χ2v) is 5.63. The second-order valence-electron chi connectivity index (χ2n) is 4.39. The van der Waals surface area contributed by atoms with Crippen molar-refractivity contribution in [1.29, 1.82) is 0 Å². The van der Waals surface area contributed by atoms with Crippen LogP contribution in [0, 0.1) is 3.57 Å². The average molecular weight is 344 g/mol. The van der Waals surface area contributed by atoms with Gasteiger partial charge in [0, 0.05) is 28.3 Å². The van der Waals surface area contributed by atoms with Gasteiger partial charge in [0.05, 0.1) is 0 Å². The highest BCUT2D eigenvalue weighted by molar-refractivity contribution is 14.1. The molecule has 1 N–H and O–H groups in total. The minimum atomic E-state index is 0.154. The largest absolute Gasteiger partial charge is 0.337 e. The molecule has 1 saturated heterocycles. The van der Waals surface area contributed by atoms with Crippen LogP contribution >= 0.6 is 22.6 Å². The molecule has 1 aromatic rings. The minimum Gasteiger partial charge on any atom is -0.337 e. The summed E-state index contributed by atoms with van der Waals surface area (Å²) in [6.07, 6.45) is 2.24. The molecule has 0 saturated carbocycles. The summed E-state index contributed by atoms with van der Waals surface area (Å²) in [6, 6.07) is 8.22. The molecule has 1 amide bonds. The molecule has 0 bridgehead atoms. The van der Waals surface area contributed by atoms with Crippen LogP contribution in [0.25, 0.3) is 0 Å². The third-order valence-corrected chi connectivity index (χ3v) is 3.93. The van der Waals surface area contributed by atoms with Crippen molar-refractivity contribution in [2.24, 2.45) is 0 Å². The SMILES string of the molecule is CNC1CCCN(C(=O)c2ccc(I)cc2)C1. The molecular formula is C13H17IN2O. The fraction of sp³-hybridized carbons (Fsp3) is 0.462. The van der Waals surface area contributed by atoms with Gasteiger partial charge in [0.15, 0.2) is 0 Å². The second kappa shape index (κ2) is 5.82. The highest BCUT2D eigenvalue weighted by Crippen LogP contribution is 2.14. The van der Waals surface area contributed by atoms with E-state index >= 15 is 0 Å². The van der Waals surface area contributed by atoms with Gasteiger partial charge in [-0.25, -0.2) is 0 Å². The molecule has 1 heterocycles. The van der Waals surface area contributed by atoms with Gasteiger partial charge in [-0.15, -0.1) is 0 Å². The molecule has 1 fully saturated rings. The van der Waals surface area contributed by atoms with E-state index in [0.717, 1.165) is 35.1 Å². The lowest BCUT2D eigenvalue weighted by Crippen LogP contribution is -2.46. The maximum absolute atomic E-state index is 12.3. The van der Waals surface area contributed by atoms with Gasteiger partial charge in [-0.05, 0) is 66.7 Å². The zero-order chi connectivity index (χ0) is 12.3. The summed E-state index contributed by atoms with van der Waals surface area (Å²) in [7, 11) is 1.96. The van der Waals surface area contributed by atoms with Gasteiger partial charge in [-0.3, -0.25) is 4.79 Å². The summed E-state index contributed by atoms with van der Waals surface area (Å²) in [5.41, 5.74) is 0.794. The van der Waals surface area contributed by atoms with Gasteiger partial charge >= 0.3 is 0 Å². The Bertz CT molecular complexity index is 391. The normalized spacial score (nSPS) is 20.4. The lowest BCUT2D eigenvalue weighted by molar-refractivity contribution is 0.0698. The maximum atomic E-state index is 12.3. The van der Waals surface area contributed by atoms with Crippen LogP contribution in [-0.4, -0.2) is 37.0 Å². The third-order valence-electron chi connectivity index (χ3n) is 3.21. The van der Waals surface area contributed by atoms with E-state index in [-0.39, 0.29) is 5.91 Å². The first-order chi connectivity index (χ1) is 8.20. The Morgan fingerprint density at radius 3 is 2.76 bits per heavy atom. The molecule has 1 unspecified atom stereocenters. The van der Waals surface area contributed by atoms with Crippen molar-refractivity contribution in [1.82, 2.24) is 10.2 Å². The lowest BCUT2D eigenvalue weighted by atomic mass is 10.0. The van der Waals surface area contributed by atoms with Crippen LogP contribution in [0.2, 0.25) is 0 Å². The number of likely N-dealkylation sites (tertiary alicyclic amines) is 1. The van der Waals surface area contributed by atoms with Crippen LogP contribution in [0.5, 0.6) is 0 Å². The Kier molecular flexibility index (Phi) is 4.39. The van der Waals surface area contributed by atoms with Crippen LogP contribution in [-0.2, 0) is 0 Å². The highest BCUT2D eigenvalue weighted by atomic mass is 127. The molecule has 3 nitrogen and oxygen atoms in total. The zero-order valence-electron chi connectivity index (χ0n) is 9.95. The summed E-state index contributed by atoms with van der Waals surface area (Å²) in [5, 5.41) is 3.25. The van der Waals surface area contributed by atoms with Crippen LogP contribution in [0.1, 0.15) is 23.2 Å². The molecule has 17 heavy (non-hydrogen) atoms. The number of carbonyl (C=O) groups is 1. The number of nitrogens with one attached hydrogen (secondary N) is 1. The Balaban J connectivity index is 2.06. The molecule has 1 aliphatic heterocycles. The molecule has 0 spiro atoms. The standard InChI is InChI=1S/C13H17IN2O/c1-15-12-3-2-8-16(9-12)13(17)10-4-6-11(14)7-5-10/h4-7,12,15H,2-3,8-9H2,1H3. The molecule has 0 aliphatic carbocycles. The summed E-state index contributed by atoms with van der Waals surface area (Å²) >= 11 is 2.25. The van der Waals surface area contributed by atoms with E-state index in [1.54, 1.807) is 0 Å². The van der Waals surface area contributed by atoms with Gasteiger partial charge in [0.1, 0.15) is 0 Å². The highest BCUT2D eigenvalue weighted by Gasteiger charge is 2.23. The van der Waals surface area contributed by atoms with Gasteiger partial charge in [-0.2, -0.15) is 0 Å². The number of likely N-dealkylation sites (N-methyl/N-ethyl adjacent to an activating group) is 1. The number of nitrogens with zero attached hydrogens (tertiary/aromatic N) is 1. The smallest absolute Gasteiger partial charge is 0.253 e. The molecule has 92 valence electrons. The molecule has 0 aromatic heterocycles. The van der Waals surface area contributed by atoms with Crippen molar-refractivity contribution in [3.8, 4) is 0 Å². The van der Waals surface area contributed by atoms with Crippen molar-refractivity contribution in [2.45, 2.75) is 18.9 Å². The number of rotatable bonds is 2. The van der Waals surface area contributed by atoms with Crippen LogP contribution in [0.4, 0.5) is 0 Å². The molecule has 4 heteroatoms. The number of hydrogen-bond acceptors (Lipinski definition) is 2. The number of hydrogen-bond donors (Lipinski definition) is 1. The van der Waals surface area contributed by atoms with Gasteiger partial charge < -0.3 is 10.2 Å². The first-order valence-electron chi connectivity index (χ1n) is 5.93. The van der Waals surface area contributed by atoms with Crippen molar-refractivity contribution in [3.63, 3.8) is 0 Å². The van der Waals surface area contributed by atoms with E-state index in [2.05, 4.69) is 27.9 Å². The van der Waals surface area contributed by atoms with Crippen LogP contribution in [0.15, 0.2) is 24.3 Å². The van der Waals surface area contributed by atoms with Crippen LogP contribution < -0.4 is 5.32 Å². The van der Waals surface area contributed by atoms with Crippen molar-refractivity contribution < 1.29 is 4.79 Å². The summed E-state index contributed by atoms with van der Waals surface area (Å²) in [4.78, 5) is 14.2. The number of benzene rings is 1. The van der Waals surface area contributed by atoms with Crippen LogP contribution in [0.3, 0.4) is 0 Å². The Morgan fingerprint density at radius 1 is 1.41 bits per heavy atom. The number of piperidine rings is 1. The van der Waals surface area contributed by atoms with Crippen molar-refractivity contribution >= 4 is 28.5 Å². The summed E-state index contributed by atoms with van der Waals surface area (Å²) in [5.74, 6) is 0.154. The fourth-order valence-corrected chi connectivity index (χ4v) is 2.53. The number of amides is 1. The van der Waals surface area contributed by atoms with Crippen molar-refractivity contribution in [2.75, 3.05) is 20.1 Å². The number of halogens is 1. The molecular weight excluding hydrogens is 327 g/mol.